The van der Waals surface area contributed by atoms with Gasteiger partial charge in [0.2, 0.25) is 10.0 Å². The van der Waals surface area contributed by atoms with Gasteiger partial charge in [-0.3, -0.25) is 4.72 Å². The summed E-state index contributed by atoms with van der Waals surface area (Å²) in [6.07, 6.45) is 1.61. The molecular weight excluding hydrogens is 542 g/mol. The standard InChI is InChI=1S/C26H27N5O6S2/c1-36-18-9-14-24(37-2)23(17-18)29-25-26(28-22-8-4-3-7-21(22)27-25)30-38(32,33)19-10-12-20(13-11-19)39(34,35)31-15-5-6-16-31/h3-4,7-14,17H,5-6,15-16H2,1-2H3,(H,27,29)(H,28,30). The first kappa shape index (κ1) is 26.7. The van der Waals surface area contributed by atoms with E-state index in [0.29, 0.717) is 41.3 Å². The highest BCUT2D eigenvalue weighted by molar-refractivity contribution is 7.92. The summed E-state index contributed by atoms with van der Waals surface area (Å²) >= 11 is 0. The van der Waals surface area contributed by atoms with E-state index in [1.807, 2.05) is 0 Å². The van der Waals surface area contributed by atoms with Crippen LogP contribution in [0.2, 0.25) is 0 Å². The van der Waals surface area contributed by atoms with Gasteiger partial charge >= 0.3 is 0 Å². The Labute approximate surface area is 226 Å². The smallest absolute Gasteiger partial charge is 0.263 e. The fourth-order valence-electron chi connectivity index (χ4n) is 4.25. The third-order valence-electron chi connectivity index (χ3n) is 6.30. The number of anilines is 3. The van der Waals surface area contributed by atoms with E-state index in [2.05, 4.69) is 20.0 Å². The van der Waals surface area contributed by atoms with Crippen molar-refractivity contribution in [2.24, 2.45) is 0 Å². The molecule has 2 heterocycles. The lowest BCUT2D eigenvalue weighted by atomic mass is 10.2. The molecule has 204 valence electrons. The molecule has 0 saturated carbocycles. The summed E-state index contributed by atoms with van der Waals surface area (Å²) in [7, 11) is -4.80. The summed E-state index contributed by atoms with van der Waals surface area (Å²) in [6.45, 7) is 0.914. The van der Waals surface area contributed by atoms with Crippen molar-refractivity contribution in [1.82, 2.24) is 14.3 Å². The van der Waals surface area contributed by atoms with Gasteiger partial charge in [0.05, 0.1) is 40.7 Å². The van der Waals surface area contributed by atoms with Crippen LogP contribution >= 0.6 is 0 Å². The molecule has 0 bridgehead atoms. The number of methoxy groups -OCH3 is 2. The van der Waals surface area contributed by atoms with Gasteiger partial charge in [-0.05, 0) is 61.4 Å². The van der Waals surface area contributed by atoms with E-state index in [-0.39, 0.29) is 21.4 Å². The molecule has 1 aromatic heterocycles. The van der Waals surface area contributed by atoms with Crippen molar-refractivity contribution in [1.29, 1.82) is 0 Å². The molecular formula is C26H27N5O6S2. The number of aromatic nitrogens is 2. The van der Waals surface area contributed by atoms with Crippen molar-refractivity contribution in [3.63, 3.8) is 0 Å². The molecule has 1 fully saturated rings. The number of nitrogens with zero attached hydrogens (tertiary/aromatic N) is 3. The van der Waals surface area contributed by atoms with Crippen molar-refractivity contribution in [3.8, 4) is 11.5 Å². The number of nitrogens with one attached hydrogen (secondary N) is 2. The molecule has 13 heteroatoms. The maximum absolute atomic E-state index is 13.4. The summed E-state index contributed by atoms with van der Waals surface area (Å²) in [6, 6.07) is 17.3. The number of hydrogen-bond donors (Lipinski definition) is 2. The molecule has 0 radical (unpaired) electrons. The third-order valence-corrected chi connectivity index (χ3v) is 9.57. The number of hydrogen-bond acceptors (Lipinski definition) is 9. The van der Waals surface area contributed by atoms with Crippen LogP contribution in [0.25, 0.3) is 11.0 Å². The topological polar surface area (TPSA) is 140 Å². The minimum atomic E-state index is -4.16. The summed E-state index contributed by atoms with van der Waals surface area (Å²) in [5.74, 6) is 1.12. The van der Waals surface area contributed by atoms with Crippen molar-refractivity contribution >= 4 is 48.4 Å². The predicted molar refractivity (Wildman–Crippen MR) is 148 cm³/mol. The first-order chi connectivity index (χ1) is 18.7. The number of rotatable bonds is 9. The van der Waals surface area contributed by atoms with Gasteiger partial charge in [-0.2, -0.15) is 4.31 Å². The maximum Gasteiger partial charge on any atom is 0.263 e. The summed E-state index contributed by atoms with van der Waals surface area (Å²) < 4.78 is 67.1. The largest absolute Gasteiger partial charge is 0.497 e. The van der Waals surface area contributed by atoms with Gasteiger partial charge in [-0.15, -0.1) is 0 Å². The fraction of sp³-hybridized carbons (Fsp3) is 0.231. The van der Waals surface area contributed by atoms with Crippen molar-refractivity contribution in [2.45, 2.75) is 22.6 Å². The monoisotopic (exact) mass is 569 g/mol. The normalized spacial score (nSPS) is 14.3. The van der Waals surface area contributed by atoms with Crippen LogP contribution in [0.15, 0.2) is 76.5 Å². The number of sulfonamides is 2. The second-order valence-corrected chi connectivity index (χ2v) is 12.4. The van der Waals surface area contributed by atoms with Crippen LogP contribution in [0.5, 0.6) is 11.5 Å². The lowest BCUT2D eigenvalue weighted by Crippen LogP contribution is -2.27. The Hall–Kier alpha value is -3.94. The molecule has 0 aliphatic carbocycles. The van der Waals surface area contributed by atoms with E-state index in [1.54, 1.807) is 42.5 Å². The van der Waals surface area contributed by atoms with Gasteiger partial charge in [0.25, 0.3) is 10.0 Å². The van der Waals surface area contributed by atoms with Gasteiger partial charge in [-0.25, -0.2) is 26.8 Å². The molecule has 5 rings (SSSR count). The predicted octanol–water partition coefficient (Wildman–Crippen LogP) is 3.98. The summed E-state index contributed by atoms with van der Waals surface area (Å²) in [5, 5.41) is 3.10. The molecule has 0 spiro atoms. The Bertz CT molecular complexity index is 1720. The van der Waals surface area contributed by atoms with Gasteiger partial charge < -0.3 is 14.8 Å². The molecule has 0 atom stereocenters. The molecule has 4 aromatic rings. The Balaban J connectivity index is 1.50. The van der Waals surface area contributed by atoms with Crippen LogP contribution in [0, 0.1) is 0 Å². The van der Waals surface area contributed by atoms with Crippen molar-refractivity contribution < 1.29 is 26.3 Å². The van der Waals surface area contributed by atoms with Crippen LogP contribution in [0.3, 0.4) is 0 Å². The Morgan fingerprint density at radius 3 is 2.00 bits per heavy atom. The van der Waals surface area contributed by atoms with Gasteiger partial charge in [0, 0.05) is 19.2 Å². The van der Waals surface area contributed by atoms with E-state index in [1.165, 1.54) is 42.8 Å². The maximum atomic E-state index is 13.4. The number of fused-ring (bicyclic) bond motifs is 1. The first-order valence-corrected chi connectivity index (χ1v) is 15.0. The lowest BCUT2D eigenvalue weighted by molar-refractivity contribution is 0.405. The second kappa shape index (κ2) is 10.7. The van der Waals surface area contributed by atoms with Crippen LogP contribution < -0.4 is 19.5 Å². The molecule has 3 aromatic carbocycles. The molecule has 39 heavy (non-hydrogen) atoms. The zero-order valence-corrected chi connectivity index (χ0v) is 22.9. The lowest BCUT2D eigenvalue weighted by Gasteiger charge is -2.17. The number of ether oxygens (including phenoxy) is 2. The second-order valence-electron chi connectivity index (χ2n) is 8.79. The van der Waals surface area contributed by atoms with Gasteiger partial charge in [0.15, 0.2) is 11.6 Å². The van der Waals surface area contributed by atoms with Crippen molar-refractivity contribution in [3.05, 3.63) is 66.7 Å². The Kier molecular flexibility index (Phi) is 7.30. The highest BCUT2D eigenvalue weighted by Gasteiger charge is 2.28. The minimum absolute atomic E-state index is 0.0429. The number of para-hydroxylation sites is 2. The Morgan fingerprint density at radius 2 is 1.38 bits per heavy atom. The van der Waals surface area contributed by atoms with Crippen LogP contribution in [0.1, 0.15) is 12.8 Å². The van der Waals surface area contributed by atoms with Crippen LogP contribution in [0.4, 0.5) is 17.3 Å². The van der Waals surface area contributed by atoms with Gasteiger partial charge in [-0.1, -0.05) is 12.1 Å². The minimum Gasteiger partial charge on any atom is -0.497 e. The van der Waals surface area contributed by atoms with E-state index in [9.17, 15) is 16.8 Å². The highest BCUT2D eigenvalue weighted by Crippen LogP contribution is 2.34. The van der Waals surface area contributed by atoms with Crippen LogP contribution in [-0.2, 0) is 20.0 Å². The fourth-order valence-corrected chi connectivity index (χ4v) is 6.78. The quantitative estimate of drug-likeness (QED) is 0.306. The molecule has 1 aliphatic rings. The van der Waals surface area contributed by atoms with E-state index in [4.69, 9.17) is 9.47 Å². The SMILES string of the molecule is COc1ccc(OC)c(Nc2nc3ccccc3nc2NS(=O)(=O)c2ccc(S(=O)(=O)N3CCCC3)cc2)c1. The third kappa shape index (κ3) is 5.46. The summed E-state index contributed by atoms with van der Waals surface area (Å²) in [4.78, 5) is 9.01. The summed E-state index contributed by atoms with van der Waals surface area (Å²) in [5.41, 5.74) is 1.50. The molecule has 11 nitrogen and oxygen atoms in total. The number of benzene rings is 3. The van der Waals surface area contributed by atoms with Crippen LogP contribution in [-0.4, -0.2) is 58.4 Å². The molecule has 1 aliphatic heterocycles. The van der Waals surface area contributed by atoms with E-state index >= 15 is 0 Å². The van der Waals surface area contributed by atoms with E-state index < -0.39 is 20.0 Å². The molecule has 0 amide bonds. The average molecular weight is 570 g/mol. The zero-order chi connectivity index (χ0) is 27.6. The van der Waals surface area contributed by atoms with E-state index in [0.717, 1.165) is 12.8 Å². The zero-order valence-electron chi connectivity index (χ0n) is 21.3. The van der Waals surface area contributed by atoms with Crippen molar-refractivity contribution in [2.75, 3.05) is 37.3 Å². The first-order valence-electron chi connectivity index (χ1n) is 12.1. The Morgan fingerprint density at radius 1 is 0.769 bits per heavy atom. The molecule has 0 unspecified atom stereocenters. The average Bonchev–Trinajstić information content (AvgIpc) is 3.49. The highest BCUT2D eigenvalue weighted by atomic mass is 32.2. The molecule has 2 N–H and O–H groups in total. The van der Waals surface area contributed by atoms with Gasteiger partial charge in [0.1, 0.15) is 11.5 Å². The molecule has 1 saturated heterocycles.